The van der Waals surface area contributed by atoms with E-state index in [1.54, 1.807) is 4.68 Å². The SMILES string of the molecule is CCCCCC(=O)Nc1ccc(-n2nc(OC(C)C)nc2-c2ccc(C)cc2)cc1. The van der Waals surface area contributed by atoms with Gasteiger partial charge in [-0.2, -0.15) is 4.98 Å². The van der Waals surface area contributed by atoms with Crippen molar-refractivity contribution in [2.24, 2.45) is 0 Å². The van der Waals surface area contributed by atoms with Crippen LogP contribution in [0.1, 0.15) is 52.0 Å². The van der Waals surface area contributed by atoms with E-state index in [-0.39, 0.29) is 12.0 Å². The first kappa shape index (κ1) is 21.6. The molecule has 0 aliphatic heterocycles. The molecule has 0 aliphatic rings. The number of aryl methyl sites for hydroxylation is 1. The Morgan fingerprint density at radius 1 is 1.07 bits per heavy atom. The van der Waals surface area contributed by atoms with Gasteiger partial charge in [-0.1, -0.05) is 49.6 Å². The molecule has 1 N–H and O–H groups in total. The molecule has 0 unspecified atom stereocenters. The summed E-state index contributed by atoms with van der Waals surface area (Å²) in [4.78, 5) is 16.7. The number of benzene rings is 2. The van der Waals surface area contributed by atoms with Crippen LogP contribution in [-0.2, 0) is 4.79 Å². The summed E-state index contributed by atoms with van der Waals surface area (Å²) in [6.07, 6.45) is 3.62. The summed E-state index contributed by atoms with van der Waals surface area (Å²) in [5.74, 6) is 0.756. The molecule has 0 bridgehead atoms. The van der Waals surface area contributed by atoms with Crippen LogP contribution in [0.3, 0.4) is 0 Å². The van der Waals surface area contributed by atoms with Gasteiger partial charge in [0.25, 0.3) is 0 Å². The highest BCUT2D eigenvalue weighted by molar-refractivity contribution is 5.90. The van der Waals surface area contributed by atoms with E-state index in [1.807, 2.05) is 50.2 Å². The van der Waals surface area contributed by atoms with Crippen molar-refractivity contribution < 1.29 is 9.53 Å². The van der Waals surface area contributed by atoms with Gasteiger partial charge >= 0.3 is 6.01 Å². The van der Waals surface area contributed by atoms with Gasteiger partial charge in [-0.15, -0.1) is 5.10 Å². The maximum atomic E-state index is 12.1. The predicted octanol–water partition coefficient (Wildman–Crippen LogP) is 5.55. The number of hydrogen-bond donors (Lipinski definition) is 1. The molecular formula is C24H30N4O2. The fraction of sp³-hybridized carbons (Fsp3) is 0.375. The maximum absolute atomic E-state index is 12.1. The Kier molecular flexibility index (Phi) is 7.22. The zero-order valence-electron chi connectivity index (χ0n) is 18.2. The second kappa shape index (κ2) is 10.1. The molecule has 1 heterocycles. The lowest BCUT2D eigenvalue weighted by molar-refractivity contribution is -0.116. The smallest absolute Gasteiger partial charge is 0.336 e. The average Bonchev–Trinajstić information content (AvgIpc) is 3.12. The van der Waals surface area contributed by atoms with Gasteiger partial charge in [0.05, 0.1) is 11.8 Å². The van der Waals surface area contributed by atoms with Crippen LogP contribution in [0.15, 0.2) is 48.5 Å². The lowest BCUT2D eigenvalue weighted by Crippen LogP contribution is -2.11. The zero-order valence-corrected chi connectivity index (χ0v) is 18.2. The summed E-state index contributed by atoms with van der Waals surface area (Å²) in [7, 11) is 0. The Bertz CT molecular complexity index is 960. The van der Waals surface area contributed by atoms with Crippen LogP contribution < -0.4 is 10.1 Å². The number of unbranched alkanes of at least 4 members (excludes halogenated alkanes) is 2. The Hall–Kier alpha value is -3.15. The minimum absolute atomic E-state index is 0.0167. The Balaban J connectivity index is 1.84. The summed E-state index contributed by atoms with van der Waals surface area (Å²) in [6.45, 7) is 8.08. The highest BCUT2D eigenvalue weighted by atomic mass is 16.5. The Labute approximate surface area is 178 Å². The molecule has 6 nitrogen and oxygen atoms in total. The van der Waals surface area contributed by atoms with Crippen molar-refractivity contribution in [2.45, 2.75) is 59.5 Å². The summed E-state index contributed by atoms with van der Waals surface area (Å²) in [6, 6.07) is 16.1. The first-order valence-corrected chi connectivity index (χ1v) is 10.6. The number of nitrogens with zero attached hydrogens (tertiary/aromatic N) is 3. The molecule has 0 saturated heterocycles. The first-order valence-electron chi connectivity index (χ1n) is 10.6. The topological polar surface area (TPSA) is 69.0 Å². The minimum Gasteiger partial charge on any atom is -0.460 e. The average molecular weight is 407 g/mol. The molecule has 2 aromatic carbocycles. The molecule has 6 heteroatoms. The van der Waals surface area contributed by atoms with Crippen LogP contribution in [-0.4, -0.2) is 26.8 Å². The van der Waals surface area contributed by atoms with E-state index in [1.165, 1.54) is 5.56 Å². The summed E-state index contributed by atoms with van der Waals surface area (Å²) in [5.41, 5.74) is 3.76. The second-order valence-electron chi connectivity index (χ2n) is 7.71. The van der Waals surface area contributed by atoms with Gasteiger partial charge in [-0.3, -0.25) is 4.79 Å². The minimum atomic E-state index is -0.0167. The summed E-state index contributed by atoms with van der Waals surface area (Å²) < 4.78 is 7.50. The normalized spacial score (nSPS) is 11.0. The van der Waals surface area contributed by atoms with Gasteiger partial charge in [0.2, 0.25) is 5.91 Å². The van der Waals surface area contributed by atoms with Crippen LogP contribution in [0.2, 0.25) is 0 Å². The van der Waals surface area contributed by atoms with E-state index in [0.29, 0.717) is 18.3 Å². The molecule has 3 aromatic rings. The van der Waals surface area contributed by atoms with Crippen LogP contribution in [0.5, 0.6) is 6.01 Å². The number of nitrogens with one attached hydrogen (secondary N) is 1. The molecule has 1 amide bonds. The molecule has 0 fully saturated rings. The van der Waals surface area contributed by atoms with Crippen molar-refractivity contribution in [3.05, 3.63) is 54.1 Å². The lowest BCUT2D eigenvalue weighted by Gasteiger charge is -2.09. The molecule has 0 radical (unpaired) electrons. The molecule has 1 aromatic heterocycles. The first-order chi connectivity index (χ1) is 14.5. The quantitative estimate of drug-likeness (QED) is 0.473. The van der Waals surface area contributed by atoms with Crippen LogP contribution in [0.25, 0.3) is 17.1 Å². The third-order valence-electron chi connectivity index (χ3n) is 4.64. The number of ether oxygens (including phenoxy) is 1. The number of anilines is 1. The maximum Gasteiger partial charge on any atom is 0.336 e. The molecule has 0 aliphatic carbocycles. The Morgan fingerprint density at radius 2 is 1.77 bits per heavy atom. The van der Waals surface area contributed by atoms with Crippen molar-refractivity contribution in [3.8, 4) is 23.1 Å². The number of amides is 1. The van der Waals surface area contributed by atoms with E-state index < -0.39 is 0 Å². The zero-order chi connectivity index (χ0) is 21.5. The lowest BCUT2D eigenvalue weighted by atomic mass is 10.1. The van der Waals surface area contributed by atoms with Gasteiger partial charge in [0, 0.05) is 17.7 Å². The Morgan fingerprint density at radius 3 is 2.40 bits per heavy atom. The largest absolute Gasteiger partial charge is 0.460 e. The summed E-state index contributed by atoms with van der Waals surface area (Å²) in [5, 5.41) is 7.51. The highest BCUT2D eigenvalue weighted by Gasteiger charge is 2.15. The van der Waals surface area contributed by atoms with E-state index in [9.17, 15) is 4.79 Å². The molecule has 3 rings (SSSR count). The number of hydrogen-bond acceptors (Lipinski definition) is 4. The van der Waals surface area contributed by atoms with Crippen molar-refractivity contribution in [3.63, 3.8) is 0 Å². The van der Waals surface area contributed by atoms with Gasteiger partial charge in [0.1, 0.15) is 0 Å². The fourth-order valence-electron chi connectivity index (χ4n) is 3.07. The van der Waals surface area contributed by atoms with Crippen LogP contribution in [0, 0.1) is 6.92 Å². The molecule has 30 heavy (non-hydrogen) atoms. The van der Waals surface area contributed by atoms with Crippen molar-refractivity contribution in [1.82, 2.24) is 14.8 Å². The molecule has 0 spiro atoms. The predicted molar refractivity (Wildman–Crippen MR) is 120 cm³/mol. The van der Waals surface area contributed by atoms with Gasteiger partial charge in [-0.05, 0) is 51.5 Å². The van der Waals surface area contributed by atoms with Gasteiger partial charge in [0.15, 0.2) is 5.82 Å². The van der Waals surface area contributed by atoms with Crippen molar-refractivity contribution >= 4 is 11.6 Å². The highest BCUT2D eigenvalue weighted by Crippen LogP contribution is 2.25. The van der Waals surface area contributed by atoms with Crippen LogP contribution in [0.4, 0.5) is 5.69 Å². The monoisotopic (exact) mass is 406 g/mol. The van der Waals surface area contributed by atoms with Gasteiger partial charge in [-0.25, -0.2) is 4.68 Å². The number of carbonyl (C=O) groups is 1. The number of carbonyl (C=O) groups excluding carboxylic acids is 1. The van der Waals surface area contributed by atoms with E-state index >= 15 is 0 Å². The third-order valence-corrected chi connectivity index (χ3v) is 4.64. The fourth-order valence-corrected chi connectivity index (χ4v) is 3.07. The van der Waals surface area contributed by atoms with Crippen molar-refractivity contribution in [1.29, 1.82) is 0 Å². The molecule has 0 atom stereocenters. The van der Waals surface area contributed by atoms with E-state index in [2.05, 4.69) is 41.4 Å². The molecule has 158 valence electrons. The van der Waals surface area contributed by atoms with Crippen LogP contribution >= 0.6 is 0 Å². The standard InChI is InChI=1S/C24H30N4O2/c1-5-6-7-8-22(29)25-20-13-15-21(16-14-20)28-23(19-11-9-18(4)10-12-19)26-24(27-28)30-17(2)3/h9-17H,5-8H2,1-4H3,(H,25,29). The molecule has 0 saturated carbocycles. The van der Waals surface area contributed by atoms with E-state index in [0.717, 1.165) is 36.2 Å². The number of aromatic nitrogens is 3. The van der Waals surface area contributed by atoms with E-state index in [4.69, 9.17) is 4.74 Å². The van der Waals surface area contributed by atoms with Gasteiger partial charge < -0.3 is 10.1 Å². The third kappa shape index (κ3) is 5.69. The summed E-state index contributed by atoms with van der Waals surface area (Å²) >= 11 is 0. The molecular weight excluding hydrogens is 376 g/mol. The van der Waals surface area contributed by atoms with Crippen molar-refractivity contribution in [2.75, 3.05) is 5.32 Å². The second-order valence-corrected chi connectivity index (χ2v) is 7.71. The number of rotatable bonds is 9.